The number of benzene rings is 1. The third-order valence-electron chi connectivity index (χ3n) is 6.31. The molecule has 0 radical (unpaired) electrons. The van der Waals surface area contributed by atoms with Crippen molar-refractivity contribution >= 4 is 11.7 Å². The fraction of sp³-hybridized carbons (Fsp3) is 0.417. The van der Waals surface area contributed by atoms with E-state index in [9.17, 15) is 4.79 Å². The van der Waals surface area contributed by atoms with Crippen LogP contribution >= 0.6 is 0 Å². The minimum Gasteiger partial charge on any atom is -0.493 e. The predicted molar refractivity (Wildman–Crippen MR) is 128 cm³/mol. The van der Waals surface area contributed by atoms with Crippen molar-refractivity contribution in [1.29, 1.82) is 0 Å². The molecule has 0 aliphatic carbocycles. The van der Waals surface area contributed by atoms with Gasteiger partial charge in [0.05, 0.1) is 27.0 Å². The van der Waals surface area contributed by atoms with Crippen molar-refractivity contribution in [1.82, 2.24) is 24.9 Å². The van der Waals surface area contributed by atoms with Crippen LogP contribution in [0.3, 0.4) is 0 Å². The van der Waals surface area contributed by atoms with Gasteiger partial charge in [0.2, 0.25) is 5.75 Å². The van der Waals surface area contributed by atoms with Gasteiger partial charge in [-0.1, -0.05) is 0 Å². The van der Waals surface area contributed by atoms with E-state index in [1.807, 2.05) is 35.6 Å². The minimum atomic E-state index is -0.0831. The second-order valence-electron chi connectivity index (χ2n) is 8.15. The summed E-state index contributed by atoms with van der Waals surface area (Å²) in [5.41, 5.74) is 3.68. The van der Waals surface area contributed by atoms with Crippen LogP contribution in [0.25, 0.3) is 5.82 Å². The molecular formula is C24H30N6O4. The quantitative estimate of drug-likeness (QED) is 0.547. The highest BCUT2D eigenvalue weighted by Gasteiger charge is 2.25. The van der Waals surface area contributed by atoms with Crippen molar-refractivity contribution in [3.8, 4) is 23.1 Å². The molecule has 0 bridgehead atoms. The average molecular weight is 467 g/mol. The van der Waals surface area contributed by atoms with Crippen molar-refractivity contribution in [2.24, 2.45) is 0 Å². The van der Waals surface area contributed by atoms with Gasteiger partial charge in [0, 0.05) is 37.4 Å². The van der Waals surface area contributed by atoms with Crippen molar-refractivity contribution in [2.75, 3.05) is 52.4 Å². The standard InChI is InChI=1S/C24H30N6O4/c1-15-16(2)27-30(17(15)3)22-8-7-21(25-26-22)28-9-11-29(12-10-28)24(31)18-13-19(32-4)23(34-6)20(14-18)33-5/h7-8,13-14H,9-12H2,1-6H3. The van der Waals surface area contributed by atoms with Crippen LogP contribution in [0.15, 0.2) is 24.3 Å². The van der Waals surface area contributed by atoms with Gasteiger partial charge in [0.15, 0.2) is 23.1 Å². The van der Waals surface area contributed by atoms with E-state index in [1.165, 1.54) is 21.3 Å². The molecule has 2 aromatic heterocycles. The average Bonchev–Trinajstić information content (AvgIpc) is 3.14. The van der Waals surface area contributed by atoms with Crippen LogP contribution in [0.4, 0.5) is 5.82 Å². The topological polar surface area (TPSA) is 94.8 Å². The van der Waals surface area contributed by atoms with E-state index in [1.54, 1.807) is 12.1 Å². The van der Waals surface area contributed by atoms with Gasteiger partial charge < -0.3 is 24.0 Å². The lowest BCUT2D eigenvalue weighted by Crippen LogP contribution is -2.49. The molecule has 180 valence electrons. The van der Waals surface area contributed by atoms with Crippen LogP contribution in [0.1, 0.15) is 27.3 Å². The Kier molecular flexibility index (Phi) is 6.58. The summed E-state index contributed by atoms with van der Waals surface area (Å²) in [7, 11) is 4.61. The van der Waals surface area contributed by atoms with Crippen molar-refractivity contribution in [2.45, 2.75) is 20.8 Å². The molecule has 1 saturated heterocycles. The maximum absolute atomic E-state index is 13.2. The number of ether oxygens (including phenoxy) is 3. The second-order valence-corrected chi connectivity index (χ2v) is 8.15. The molecule has 10 heteroatoms. The number of amides is 1. The highest BCUT2D eigenvalue weighted by molar-refractivity contribution is 5.95. The lowest BCUT2D eigenvalue weighted by molar-refractivity contribution is 0.0745. The number of nitrogens with zero attached hydrogens (tertiary/aromatic N) is 6. The second kappa shape index (κ2) is 9.58. The predicted octanol–water partition coefficient (Wildman–Crippen LogP) is 2.58. The first kappa shape index (κ1) is 23.3. The van der Waals surface area contributed by atoms with Gasteiger partial charge in [-0.3, -0.25) is 4.79 Å². The summed E-state index contributed by atoms with van der Waals surface area (Å²) in [4.78, 5) is 17.1. The molecule has 3 aromatic rings. The Morgan fingerprint density at radius 2 is 1.44 bits per heavy atom. The Hall–Kier alpha value is -3.82. The monoisotopic (exact) mass is 466 g/mol. The molecule has 1 aliphatic heterocycles. The summed E-state index contributed by atoms with van der Waals surface area (Å²) in [5.74, 6) is 2.76. The number of carbonyl (C=O) groups is 1. The number of aryl methyl sites for hydroxylation is 1. The van der Waals surface area contributed by atoms with Crippen LogP contribution in [-0.2, 0) is 0 Å². The molecule has 1 aromatic carbocycles. The van der Waals surface area contributed by atoms with Crippen LogP contribution in [0, 0.1) is 20.8 Å². The Morgan fingerprint density at radius 3 is 1.91 bits per heavy atom. The van der Waals surface area contributed by atoms with Crippen molar-refractivity contribution < 1.29 is 19.0 Å². The van der Waals surface area contributed by atoms with Gasteiger partial charge in [-0.15, -0.1) is 10.2 Å². The zero-order valence-corrected chi connectivity index (χ0v) is 20.5. The van der Waals surface area contributed by atoms with Gasteiger partial charge in [-0.05, 0) is 50.6 Å². The van der Waals surface area contributed by atoms with Gasteiger partial charge in [-0.2, -0.15) is 5.10 Å². The minimum absolute atomic E-state index is 0.0831. The molecule has 34 heavy (non-hydrogen) atoms. The van der Waals surface area contributed by atoms with E-state index in [0.717, 1.165) is 22.8 Å². The number of aromatic nitrogens is 4. The van der Waals surface area contributed by atoms with Gasteiger partial charge in [-0.25, -0.2) is 4.68 Å². The van der Waals surface area contributed by atoms with Crippen molar-refractivity contribution in [3.63, 3.8) is 0 Å². The zero-order chi connectivity index (χ0) is 24.4. The van der Waals surface area contributed by atoms with E-state index < -0.39 is 0 Å². The third-order valence-corrected chi connectivity index (χ3v) is 6.31. The van der Waals surface area contributed by atoms with Crippen LogP contribution < -0.4 is 19.1 Å². The molecule has 0 unspecified atom stereocenters. The van der Waals surface area contributed by atoms with Crippen molar-refractivity contribution in [3.05, 3.63) is 46.8 Å². The normalized spacial score (nSPS) is 13.7. The van der Waals surface area contributed by atoms with E-state index in [0.29, 0.717) is 54.8 Å². The molecule has 10 nitrogen and oxygen atoms in total. The summed E-state index contributed by atoms with van der Waals surface area (Å²) < 4.78 is 17.9. The first-order valence-corrected chi connectivity index (χ1v) is 11.1. The fourth-order valence-corrected chi connectivity index (χ4v) is 4.07. The summed E-state index contributed by atoms with van der Waals surface area (Å²) in [6.45, 7) is 8.50. The van der Waals surface area contributed by atoms with E-state index in [2.05, 4.69) is 27.1 Å². The number of piperazine rings is 1. The molecule has 0 saturated carbocycles. The molecule has 1 fully saturated rings. The number of hydrogen-bond donors (Lipinski definition) is 0. The Bertz CT molecular complexity index is 1160. The lowest BCUT2D eigenvalue weighted by Gasteiger charge is -2.35. The summed E-state index contributed by atoms with van der Waals surface area (Å²) in [5, 5.41) is 13.3. The Balaban J connectivity index is 1.44. The maximum atomic E-state index is 13.2. The highest BCUT2D eigenvalue weighted by atomic mass is 16.5. The van der Waals surface area contributed by atoms with Crippen LogP contribution in [0.5, 0.6) is 17.2 Å². The van der Waals surface area contributed by atoms with E-state index in [4.69, 9.17) is 14.2 Å². The molecule has 1 amide bonds. The van der Waals surface area contributed by atoms with E-state index in [-0.39, 0.29) is 5.91 Å². The molecule has 0 spiro atoms. The molecular weight excluding hydrogens is 436 g/mol. The molecule has 0 N–H and O–H groups in total. The smallest absolute Gasteiger partial charge is 0.254 e. The molecule has 1 aliphatic rings. The molecule has 4 rings (SSSR count). The summed E-state index contributed by atoms with van der Waals surface area (Å²) in [6, 6.07) is 7.24. The number of rotatable bonds is 6. The summed E-state index contributed by atoms with van der Waals surface area (Å²) >= 11 is 0. The van der Waals surface area contributed by atoms with Gasteiger partial charge in [0.1, 0.15) is 0 Å². The first-order chi connectivity index (χ1) is 16.4. The first-order valence-electron chi connectivity index (χ1n) is 11.1. The van der Waals surface area contributed by atoms with Crippen LogP contribution in [0.2, 0.25) is 0 Å². The van der Waals surface area contributed by atoms with Gasteiger partial charge >= 0.3 is 0 Å². The summed E-state index contributed by atoms with van der Waals surface area (Å²) in [6.07, 6.45) is 0. The lowest BCUT2D eigenvalue weighted by atomic mass is 10.1. The maximum Gasteiger partial charge on any atom is 0.254 e. The molecule has 0 atom stereocenters. The number of hydrogen-bond acceptors (Lipinski definition) is 8. The molecule has 3 heterocycles. The number of methoxy groups -OCH3 is 3. The Morgan fingerprint density at radius 1 is 0.853 bits per heavy atom. The Labute approximate surface area is 199 Å². The fourth-order valence-electron chi connectivity index (χ4n) is 4.07. The third kappa shape index (κ3) is 4.23. The highest BCUT2D eigenvalue weighted by Crippen LogP contribution is 2.38. The SMILES string of the molecule is COc1cc(C(=O)N2CCN(c3ccc(-n4nc(C)c(C)c4C)nn3)CC2)cc(OC)c1OC. The van der Waals surface area contributed by atoms with E-state index >= 15 is 0 Å². The largest absolute Gasteiger partial charge is 0.493 e. The van der Waals surface area contributed by atoms with Gasteiger partial charge in [0.25, 0.3) is 5.91 Å². The van der Waals surface area contributed by atoms with Crippen LogP contribution in [-0.4, -0.2) is 78.3 Å². The number of anilines is 1. The number of carbonyl (C=O) groups excluding carboxylic acids is 1. The zero-order valence-electron chi connectivity index (χ0n) is 20.5.